The average molecular weight is 233 g/mol. The molecule has 0 aliphatic carbocycles. The van der Waals surface area contributed by atoms with Crippen molar-refractivity contribution in [2.45, 2.75) is 26.3 Å². The van der Waals surface area contributed by atoms with Crippen LogP contribution in [-0.4, -0.2) is 29.4 Å². The summed E-state index contributed by atoms with van der Waals surface area (Å²) in [4.78, 5) is 18.2. The fourth-order valence-electron chi connectivity index (χ4n) is 2.29. The van der Waals surface area contributed by atoms with Crippen LogP contribution < -0.4 is 5.32 Å². The number of hydrogen-bond donors (Lipinski definition) is 1. The Balaban J connectivity index is 2.12. The molecule has 92 valence electrons. The van der Waals surface area contributed by atoms with Gasteiger partial charge in [0.15, 0.2) is 0 Å². The number of rotatable bonds is 3. The zero-order valence-corrected chi connectivity index (χ0v) is 10.4. The Hall–Kier alpha value is -1.58. The summed E-state index contributed by atoms with van der Waals surface area (Å²) in [6, 6.07) is 3.93. The van der Waals surface area contributed by atoms with Crippen molar-refractivity contribution in [1.29, 1.82) is 0 Å². The summed E-state index contributed by atoms with van der Waals surface area (Å²) in [5, 5.41) is 3.06. The molecule has 1 N–H and O–H groups in total. The Bertz CT molecular complexity index is 405. The minimum Gasteiger partial charge on any atom is -0.373 e. The van der Waals surface area contributed by atoms with Gasteiger partial charge in [-0.2, -0.15) is 0 Å². The number of piperidine rings is 1. The molecular formula is C13H19N3O. The van der Waals surface area contributed by atoms with Crippen LogP contribution in [0.5, 0.6) is 0 Å². The van der Waals surface area contributed by atoms with E-state index < -0.39 is 0 Å². The van der Waals surface area contributed by atoms with E-state index in [1.165, 1.54) is 0 Å². The van der Waals surface area contributed by atoms with Crippen molar-refractivity contribution in [3.63, 3.8) is 0 Å². The number of amides is 1. The predicted octanol–water partition coefficient (Wildman–Crippen LogP) is 1.88. The lowest BCUT2D eigenvalue weighted by molar-refractivity contribution is -0.138. The Morgan fingerprint density at radius 3 is 3.18 bits per heavy atom. The lowest BCUT2D eigenvalue weighted by Crippen LogP contribution is -2.39. The summed E-state index contributed by atoms with van der Waals surface area (Å²) in [5.74, 6) is 1.29. The smallest absolute Gasteiger partial charge is 0.225 e. The van der Waals surface area contributed by atoms with E-state index in [9.17, 15) is 4.79 Å². The first-order valence-corrected chi connectivity index (χ1v) is 6.13. The van der Waals surface area contributed by atoms with Crippen LogP contribution in [0.15, 0.2) is 18.3 Å². The second kappa shape index (κ2) is 5.17. The fraction of sp³-hybridized carbons (Fsp3) is 0.538. The third-order valence-electron chi connectivity index (χ3n) is 3.29. The van der Waals surface area contributed by atoms with Crippen molar-refractivity contribution in [3.8, 4) is 0 Å². The Kier molecular flexibility index (Phi) is 3.61. The largest absolute Gasteiger partial charge is 0.373 e. The average Bonchev–Trinajstić information content (AvgIpc) is 2.35. The van der Waals surface area contributed by atoms with Gasteiger partial charge in [-0.3, -0.25) is 4.79 Å². The highest BCUT2D eigenvalue weighted by atomic mass is 16.2. The lowest BCUT2D eigenvalue weighted by Gasteiger charge is -2.31. The Labute approximate surface area is 102 Å². The Morgan fingerprint density at radius 1 is 1.59 bits per heavy atom. The number of anilines is 1. The molecule has 2 rings (SSSR count). The topological polar surface area (TPSA) is 45.2 Å². The van der Waals surface area contributed by atoms with Crippen molar-refractivity contribution in [1.82, 2.24) is 9.88 Å². The van der Waals surface area contributed by atoms with Crippen LogP contribution in [0.3, 0.4) is 0 Å². The van der Waals surface area contributed by atoms with Gasteiger partial charge in [0.1, 0.15) is 5.82 Å². The van der Waals surface area contributed by atoms with E-state index in [4.69, 9.17) is 0 Å². The van der Waals surface area contributed by atoms with E-state index in [0.717, 1.165) is 30.8 Å². The van der Waals surface area contributed by atoms with Crippen molar-refractivity contribution in [2.24, 2.45) is 5.92 Å². The molecule has 4 nitrogen and oxygen atoms in total. The van der Waals surface area contributed by atoms with E-state index in [1.807, 2.05) is 31.0 Å². The normalized spacial score (nSPS) is 20.5. The highest BCUT2D eigenvalue weighted by Gasteiger charge is 2.25. The minimum atomic E-state index is 0.165. The van der Waals surface area contributed by atoms with Gasteiger partial charge in [-0.05, 0) is 18.9 Å². The van der Waals surface area contributed by atoms with Gasteiger partial charge in [0.25, 0.3) is 0 Å². The van der Waals surface area contributed by atoms with Gasteiger partial charge < -0.3 is 10.2 Å². The molecule has 0 saturated carbocycles. The van der Waals surface area contributed by atoms with Crippen molar-refractivity contribution in [3.05, 3.63) is 23.9 Å². The first kappa shape index (κ1) is 11.9. The van der Waals surface area contributed by atoms with Crippen LogP contribution in [0.4, 0.5) is 5.82 Å². The highest BCUT2D eigenvalue weighted by Crippen LogP contribution is 2.21. The van der Waals surface area contributed by atoms with E-state index in [1.54, 1.807) is 6.20 Å². The molecule has 2 heterocycles. The van der Waals surface area contributed by atoms with Gasteiger partial charge in [-0.1, -0.05) is 13.0 Å². The van der Waals surface area contributed by atoms with Crippen molar-refractivity contribution in [2.75, 3.05) is 18.9 Å². The summed E-state index contributed by atoms with van der Waals surface area (Å²) in [6.07, 6.45) is 3.87. The van der Waals surface area contributed by atoms with E-state index in [0.29, 0.717) is 6.54 Å². The number of nitrogens with zero attached hydrogens (tertiary/aromatic N) is 2. The highest BCUT2D eigenvalue weighted by molar-refractivity contribution is 5.79. The summed E-state index contributed by atoms with van der Waals surface area (Å²) in [7, 11) is 1.85. The maximum absolute atomic E-state index is 12.0. The second-order valence-electron chi connectivity index (χ2n) is 4.56. The monoisotopic (exact) mass is 233 g/mol. The van der Waals surface area contributed by atoms with Crippen LogP contribution in [-0.2, 0) is 11.3 Å². The van der Waals surface area contributed by atoms with Crippen LogP contribution in [0.1, 0.15) is 25.3 Å². The van der Waals surface area contributed by atoms with Crippen molar-refractivity contribution < 1.29 is 4.79 Å². The number of carbonyl (C=O) groups excluding carboxylic acids is 1. The summed E-state index contributed by atoms with van der Waals surface area (Å²) >= 11 is 0. The van der Waals surface area contributed by atoms with Gasteiger partial charge >= 0.3 is 0 Å². The van der Waals surface area contributed by atoms with Gasteiger partial charge in [-0.15, -0.1) is 0 Å². The third-order valence-corrected chi connectivity index (χ3v) is 3.29. The number of aromatic nitrogens is 1. The third kappa shape index (κ3) is 2.57. The second-order valence-corrected chi connectivity index (χ2v) is 4.56. The van der Waals surface area contributed by atoms with Gasteiger partial charge in [-0.25, -0.2) is 4.98 Å². The molecule has 0 aromatic carbocycles. The first-order chi connectivity index (χ1) is 8.22. The number of likely N-dealkylation sites (tertiary alicyclic amines) is 1. The van der Waals surface area contributed by atoms with Crippen LogP contribution >= 0.6 is 0 Å². The zero-order chi connectivity index (χ0) is 12.3. The number of nitrogens with one attached hydrogen (secondary N) is 1. The molecule has 0 spiro atoms. The molecule has 1 aromatic heterocycles. The van der Waals surface area contributed by atoms with Gasteiger partial charge in [0.2, 0.25) is 5.91 Å². The summed E-state index contributed by atoms with van der Waals surface area (Å²) in [5.41, 5.74) is 1.08. The molecule has 1 aliphatic heterocycles. The standard InChI is InChI=1S/C13H19N3O/c1-10-5-4-8-16(13(10)17)9-11-6-3-7-15-12(11)14-2/h3,6-7,10H,4-5,8-9H2,1-2H3,(H,14,15). The molecule has 1 fully saturated rings. The van der Waals surface area contributed by atoms with Crippen LogP contribution in [0.25, 0.3) is 0 Å². The molecule has 1 unspecified atom stereocenters. The van der Waals surface area contributed by atoms with Gasteiger partial charge in [0, 0.05) is 37.8 Å². The van der Waals surface area contributed by atoms with E-state index in [-0.39, 0.29) is 11.8 Å². The molecule has 4 heteroatoms. The number of hydrogen-bond acceptors (Lipinski definition) is 3. The molecular weight excluding hydrogens is 214 g/mol. The molecule has 1 aliphatic rings. The molecule has 0 bridgehead atoms. The minimum absolute atomic E-state index is 0.165. The number of carbonyl (C=O) groups is 1. The molecule has 1 atom stereocenters. The quantitative estimate of drug-likeness (QED) is 0.867. The predicted molar refractivity (Wildman–Crippen MR) is 67.6 cm³/mol. The zero-order valence-electron chi connectivity index (χ0n) is 10.4. The summed E-state index contributed by atoms with van der Waals surface area (Å²) < 4.78 is 0. The first-order valence-electron chi connectivity index (χ1n) is 6.13. The van der Waals surface area contributed by atoms with Crippen LogP contribution in [0.2, 0.25) is 0 Å². The van der Waals surface area contributed by atoms with Crippen molar-refractivity contribution >= 4 is 11.7 Å². The molecule has 17 heavy (non-hydrogen) atoms. The molecule has 0 radical (unpaired) electrons. The summed E-state index contributed by atoms with van der Waals surface area (Å²) in [6.45, 7) is 3.53. The maximum atomic E-state index is 12.0. The lowest BCUT2D eigenvalue weighted by atomic mass is 9.99. The number of pyridine rings is 1. The van der Waals surface area contributed by atoms with E-state index in [2.05, 4.69) is 10.3 Å². The van der Waals surface area contributed by atoms with Crippen LogP contribution in [0, 0.1) is 5.92 Å². The molecule has 1 aromatic rings. The van der Waals surface area contributed by atoms with E-state index >= 15 is 0 Å². The molecule has 1 amide bonds. The fourth-order valence-corrected chi connectivity index (χ4v) is 2.29. The maximum Gasteiger partial charge on any atom is 0.225 e. The van der Waals surface area contributed by atoms with Gasteiger partial charge in [0.05, 0.1) is 0 Å². The Morgan fingerprint density at radius 2 is 2.41 bits per heavy atom. The molecule has 1 saturated heterocycles. The SMILES string of the molecule is CNc1ncccc1CN1CCCC(C)C1=O.